The molecule has 0 aliphatic carbocycles. The van der Waals surface area contributed by atoms with E-state index < -0.39 is 6.35 Å². The van der Waals surface area contributed by atoms with Crippen LogP contribution >= 0.6 is 0 Å². The van der Waals surface area contributed by atoms with E-state index in [1.807, 2.05) is 0 Å². The quantitative estimate of drug-likeness (QED) is 0.850. The monoisotopic (exact) mass is 385 g/mol. The molecule has 0 radical (unpaired) electrons. The Morgan fingerprint density at radius 2 is 2.11 bits per heavy atom. The van der Waals surface area contributed by atoms with Gasteiger partial charge in [0.2, 0.25) is 5.91 Å². The third kappa shape index (κ3) is 3.98. The number of aromatic nitrogens is 2. The van der Waals surface area contributed by atoms with Gasteiger partial charge in [-0.05, 0) is 43.2 Å². The molecule has 1 aromatic heterocycles. The van der Waals surface area contributed by atoms with E-state index in [1.165, 1.54) is 18.5 Å². The van der Waals surface area contributed by atoms with E-state index in [0.29, 0.717) is 13.0 Å². The molecule has 2 fully saturated rings. The van der Waals surface area contributed by atoms with Crippen LogP contribution in [0.15, 0.2) is 42.9 Å². The molecule has 1 amide bonds. The molecule has 8 heteroatoms. The molecule has 0 saturated carbocycles. The summed E-state index contributed by atoms with van der Waals surface area (Å²) in [7, 11) is 1.74. The third-order valence-corrected chi connectivity index (χ3v) is 5.41. The molecule has 1 N–H and O–H groups in total. The SMILES string of the molecule is CN1C(=O)CC(c2ccncn2)NC1OC[C@H]1CCCN1c1ccc(F)cc1. The summed E-state index contributed by atoms with van der Waals surface area (Å²) in [4.78, 5) is 24.4. The van der Waals surface area contributed by atoms with Crippen molar-refractivity contribution in [2.45, 2.75) is 37.7 Å². The van der Waals surface area contributed by atoms with E-state index in [0.717, 1.165) is 30.8 Å². The summed E-state index contributed by atoms with van der Waals surface area (Å²) in [6.45, 7) is 1.39. The van der Waals surface area contributed by atoms with Gasteiger partial charge in [-0.3, -0.25) is 10.1 Å². The average Bonchev–Trinajstić information content (AvgIpc) is 3.19. The molecule has 1 aromatic carbocycles. The van der Waals surface area contributed by atoms with Gasteiger partial charge in [-0.1, -0.05) is 0 Å². The van der Waals surface area contributed by atoms with Crippen molar-refractivity contribution in [1.82, 2.24) is 20.2 Å². The van der Waals surface area contributed by atoms with Crippen LogP contribution in [0, 0.1) is 5.82 Å². The molecular formula is C20H24FN5O2. The number of halogens is 1. The Hall–Kier alpha value is -2.58. The molecule has 2 unspecified atom stereocenters. The number of nitrogens with zero attached hydrogens (tertiary/aromatic N) is 4. The van der Waals surface area contributed by atoms with Gasteiger partial charge in [0.15, 0.2) is 6.35 Å². The Balaban J connectivity index is 1.41. The summed E-state index contributed by atoms with van der Waals surface area (Å²) in [6, 6.07) is 8.35. The van der Waals surface area contributed by atoms with Gasteiger partial charge in [0.05, 0.1) is 24.4 Å². The minimum atomic E-state index is -0.517. The number of carbonyl (C=O) groups excluding carboxylic acids is 1. The largest absolute Gasteiger partial charge is 0.366 e. The highest BCUT2D eigenvalue weighted by atomic mass is 19.1. The number of ether oxygens (including phenoxy) is 1. The molecule has 2 aliphatic heterocycles. The Kier molecular flexibility index (Phi) is 5.50. The predicted octanol–water partition coefficient (Wildman–Crippen LogP) is 2.08. The number of hydrogen-bond acceptors (Lipinski definition) is 6. The number of anilines is 1. The second kappa shape index (κ2) is 8.20. The zero-order chi connectivity index (χ0) is 19.5. The third-order valence-electron chi connectivity index (χ3n) is 5.41. The summed E-state index contributed by atoms with van der Waals surface area (Å²) >= 11 is 0. The second-order valence-corrected chi connectivity index (χ2v) is 7.21. The lowest BCUT2D eigenvalue weighted by molar-refractivity contribution is -0.157. The maximum atomic E-state index is 13.2. The molecule has 3 heterocycles. The molecule has 28 heavy (non-hydrogen) atoms. The van der Waals surface area contributed by atoms with E-state index in [2.05, 4.69) is 20.2 Å². The number of benzene rings is 1. The van der Waals surface area contributed by atoms with Crippen molar-refractivity contribution in [1.29, 1.82) is 0 Å². The molecule has 2 saturated heterocycles. The van der Waals surface area contributed by atoms with E-state index >= 15 is 0 Å². The second-order valence-electron chi connectivity index (χ2n) is 7.21. The maximum Gasteiger partial charge on any atom is 0.227 e. The number of rotatable bonds is 5. The van der Waals surface area contributed by atoms with Gasteiger partial charge < -0.3 is 14.5 Å². The Morgan fingerprint density at radius 1 is 1.29 bits per heavy atom. The molecule has 0 spiro atoms. The van der Waals surface area contributed by atoms with Crippen LogP contribution in [0.5, 0.6) is 0 Å². The van der Waals surface area contributed by atoms with Crippen LogP contribution in [0.3, 0.4) is 0 Å². The lowest BCUT2D eigenvalue weighted by Gasteiger charge is -2.38. The first-order chi connectivity index (χ1) is 13.6. The van der Waals surface area contributed by atoms with Gasteiger partial charge in [0, 0.05) is 31.9 Å². The fraction of sp³-hybridized carbons (Fsp3) is 0.450. The van der Waals surface area contributed by atoms with Crippen molar-refractivity contribution in [2.24, 2.45) is 0 Å². The first kappa shape index (κ1) is 18.8. The van der Waals surface area contributed by atoms with E-state index in [4.69, 9.17) is 4.74 Å². The van der Waals surface area contributed by atoms with E-state index in [9.17, 15) is 9.18 Å². The van der Waals surface area contributed by atoms with Crippen molar-refractivity contribution in [3.8, 4) is 0 Å². The van der Waals surface area contributed by atoms with Crippen LogP contribution in [-0.2, 0) is 9.53 Å². The first-order valence-corrected chi connectivity index (χ1v) is 9.53. The highest BCUT2D eigenvalue weighted by Gasteiger charge is 2.34. The van der Waals surface area contributed by atoms with Crippen LogP contribution in [0.1, 0.15) is 31.0 Å². The number of amides is 1. The van der Waals surface area contributed by atoms with Crippen molar-refractivity contribution in [3.05, 3.63) is 54.4 Å². The summed E-state index contributed by atoms with van der Waals surface area (Å²) in [5, 5.41) is 3.36. The number of nitrogens with one attached hydrogen (secondary N) is 1. The molecule has 0 bridgehead atoms. The minimum absolute atomic E-state index is 0.00850. The summed E-state index contributed by atoms with van der Waals surface area (Å²) in [5.74, 6) is -0.229. The Bertz CT molecular complexity index is 804. The van der Waals surface area contributed by atoms with Crippen molar-refractivity contribution in [2.75, 3.05) is 25.1 Å². The van der Waals surface area contributed by atoms with Crippen LogP contribution < -0.4 is 10.2 Å². The van der Waals surface area contributed by atoms with Crippen molar-refractivity contribution < 1.29 is 13.9 Å². The van der Waals surface area contributed by atoms with Gasteiger partial charge in [-0.15, -0.1) is 0 Å². The molecule has 3 atom stereocenters. The fourth-order valence-corrected chi connectivity index (χ4v) is 3.83. The maximum absolute atomic E-state index is 13.2. The zero-order valence-corrected chi connectivity index (χ0v) is 15.8. The molecule has 148 valence electrons. The Morgan fingerprint density at radius 3 is 2.86 bits per heavy atom. The molecule has 4 rings (SSSR count). The summed E-state index contributed by atoms with van der Waals surface area (Å²) in [6.07, 6.45) is 5.02. The van der Waals surface area contributed by atoms with Crippen molar-refractivity contribution in [3.63, 3.8) is 0 Å². The van der Waals surface area contributed by atoms with Gasteiger partial charge in [-0.25, -0.2) is 14.4 Å². The highest BCUT2D eigenvalue weighted by molar-refractivity contribution is 5.77. The number of hydrogen-bond donors (Lipinski definition) is 1. The molecule has 2 aliphatic rings. The average molecular weight is 385 g/mol. The fourth-order valence-electron chi connectivity index (χ4n) is 3.83. The number of carbonyl (C=O) groups is 1. The standard InChI is InChI=1S/C20H24FN5O2/c1-25-19(27)11-18(17-8-9-22-13-23-17)24-20(25)28-12-16-3-2-10-26(16)15-6-4-14(21)5-7-15/h4-9,13,16,18,20,24H,2-3,10-12H2,1H3/t16-,18?,20?/m1/s1. The van der Waals surface area contributed by atoms with E-state index in [-0.39, 0.29) is 23.8 Å². The summed E-state index contributed by atoms with van der Waals surface area (Å²) in [5.41, 5.74) is 1.77. The van der Waals surface area contributed by atoms with Crippen molar-refractivity contribution >= 4 is 11.6 Å². The van der Waals surface area contributed by atoms with Gasteiger partial charge in [0.25, 0.3) is 0 Å². The summed E-state index contributed by atoms with van der Waals surface area (Å²) < 4.78 is 19.3. The van der Waals surface area contributed by atoms with E-state index in [1.54, 1.807) is 36.3 Å². The predicted molar refractivity (Wildman–Crippen MR) is 102 cm³/mol. The molecule has 2 aromatic rings. The lowest BCUT2D eigenvalue weighted by Crippen LogP contribution is -2.55. The van der Waals surface area contributed by atoms with Gasteiger partial charge in [0.1, 0.15) is 12.1 Å². The van der Waals surface area contributed by atoms with Gasteiger partial charge in [-0.2, -0.15) is 0 Å². The van der Waals surface area contributed by atoms with Crippen LogP contribution in [0.2, 0.25) is 0 Å². The minimum Gasteiger partial charge on any atom is -0.366 e. The highest BCUT2D eigenvalue weighted by Crippen LogP contribution is 2.27. The van der Waals surface area contributed by atoms with Gasteiger partial charge >= 0.3 is 0 Å². The van der Waals surface area contributed by atoms with Crippen LogP contribution in [-0.4, -0.2) is 53.4 Å². The topological polar surface area (TPSA) is 70.6 Å². The van der Waals surface area contributed by atoms with Crippen LogP contribution in [0.4, 0.5) is 10.1 Å². The smallest absolute Gasteiger partial charge is 0.227 e. The molecular weight excluding hydrogens is 361 g/mol. The zero-order valence-electron chi connectivity index (χ0n) is 15.8. The normalized spacial score (nSPS) is 25.4. The molecule has 7 nitrogen and oxygen atoms in total. The first-order valence-electron chi connectivity index (χ1n) is 9.53. The lowest BCUT2D eigenvalue weighted by atomic mass is 10.1. The Labute approximate surface area is 163 Å². The van der Waals surface area contributed by atoms with Crippen LogP contribution in [0.25, 0.3) is 0 Å².